The average molecular weight is 642 g/mol. The van der Waals surface area contributed by atoms with Gasteiger partial charge in [0.15, 0.2) is 0 Å². The lowest BCUT2D eigenvalue weighted by Crippen LogP contribution is -2.39. The predicted octanol–water partition coefficient (Wildman–Crippen LogP) is 3.71. The number of aliphatic imine (C=N–C) groups is 1. The van der Waals surface area contributed by atoms with Gasteiger partial charge in [0.1, 0.15) is 47.6 Å². The number of nitrogens with zero attached hydrogens (tertiary/aromatic N) is 8. The molecule has 0 bridgehead atoms. The van der Waals surface area contributed by atoms with E-state index in [-0.39, 0.29) is 6.04 Å². The summed E-state index contributed by atoms with van der Waals surface area (Å²) in [4.78, 5) is 19.2. The molecule has 2 aliphatic rings. The molecule has 1 aromatic carbocycles. The van der Waals surface area contributed by atoms with Crippen LogP contribution in [0.5, 0.6) is 0 Å². The van der Waals surface area contributed by atoms with E-state index in [0.717, 1.165) is 11.4 Å². The van der Waals surface area contributed by atoms with Crippen LogP contribution in [0.1, 0.15) is 30.3 Å². The first kappa shape index (κ1) is 30.1. The number of ether oxygens (including phenoxy) is 3. The Kier molecular flexibility index (Phi) is 9.45. The summed E-state index contributed by atoms with van der Waals surface area (Å²) in [6.07, 6.45) is 5.24. The Labute approximate surface area is 262 Å². The van der Waals surface area contributed by atoms with Crippen molar-refractivity contribution in [3.05, 3.63) is 70.5 Å². The quantitative estimate of drug-likeness (QED) is 0.144. The van der Waals surface area contributed by atoms with Gasteiger partial charge in [-0.15, -0.1) is 5.10 Å². The number of methoxy groups -OCH3 is 1. The van der Waals surface area contributed by atoms with Crippen molar-refractivity contribution in [2.24, 2.45) is 4.99 Å². The third-order valence-electron chi connectivity index (χ3n) is 7.14. The van der Waals surface area contributed by atoms with Crippen molar-refractivity contribution in [2.45, 2.75) is 25.1 Å². The van der Waals surface area contributed by atoms with Crippen molar-refractivity contribution in [3.63, 3.8) is 0 Å². The van der Waals surface area contributed by atoms with E-state index in [9.17, 15) is 5.11 Å². The number of H-pyrrole nitrogens is 1. The number of amidine groups is 1. The number of aliphatic hydroxyl groups is 1. The normalized spacial score (nSPS) is 17.9. The molecule has 3 aromatic heterocycles. The zero-order valence-corrected chi connectivity index (χ0v) is 25.2. The fourth-order valence-electron chi connectivity index (χ4n) is 5.08. The molecule has 230 valence electrons. The summed E-state index contributed by atoms with van der Waals surface area (Å²) in [5, 5.41) is 26.8. The molecule has 4 aromatic rings. The second-order valence-corrected chi connectivity index (χ2v) is 10.7. The number of aromatic nitrogens is 7. The number of hydrogen-bond acceptors (Lipinski definition) is 12. The molecule has 1 saturated heterocycles. The van der Waals surface area contributed by atoms with Gasteiger partial charge < -0.3 is 34.5 Å². The van der Waals surface area contributed by atoms with Crippen molar-refractivity contribution >= 4 is 40.6 Å². The van der Waals surface area contributed by atoms with Gasteiger partial charge >= 0.3 is 0 Å². The van der Waals surface area contributed by atoms with E-state index in [0.29, 0.717) is 90.5 Å². The van der Waals surface area contributed by atoms with Crippen LogP contribution in [-0.2, 0) is 14.2 Å². The molecule has 0 radical (unpaired) electrons. The number of benzene rings is 1. The highest BCUT2D eigenvalue weighted by Gasteiger charge is 2.39. The topological polar surface area (TPSA) is 161 Å². The molecule has 2 atom stereocenters. The SMILES string of the molecule is COCCOCCOCNc1ccc(-c2nc(C3CCC4=NC(c5cc(Cl)ccc5-n5cnnn5)=CC(O)N43)[nH]c2Cl)cn1. The second kappa shape index (κ2) is 13.8. The molecule has 16 heteroatoms. The van der Waals surface area contributed by atoms with Crippen LogP contribution in [0.4, 0.5) is 5.82 Å². The summed E-state index contributed by atoms with van der Waals surface area (Å²) in [6, 6.07) is 8.81. The number of fused-ring (bicyclic) bond motifs is 1. The van der Waals surface area contributed by atoms with Crippen molar-refractivity contribution in [1.82, 2.24) is 40.1 Å². The summed E-state index contributed by atoms with van der Waals surface area (Å²) < 4.78 is 17.3. The molecule has 44 heavy (non-hydrogen) atoms. The van der Waals surface area contributed by atoms with Gasteiger partial charge in [-0.25, -0.2) is 15.0 Å². The minimum Gasteiger partial charge on any atom is -0.382 e. The van der Waals surface area contributed by atoms with Crippen molar-refractivity contribution in [1.29, 1.82) is 0 Å². The largest absolute Gasteiger partial charge is 0.382 e. The maximum absolute atomic E-state index is 11.3. The standard InChI is InChI=1S/C28H30Cl2N10O4/c1-42-8-9-43-10-11-44-16-32-23-6-2-17(14-31-23)26-27(30)36-28(35-26)22-5-7-24-34-20(13-25(41)40(22)24)19-12-18(29)3-4-21(19)39-15-33-37-38-39/h2-4,6,12-15,22,25,41H,5,7-11,16H2,1H3,(H,31,32)(H,35,36). The lowest BCUT2D eigenvalue weighted by Gasteiger charge is -2.32. The summed E-state index contributed by atoms with van der Waals surface area (Å²) in [6.45, 7) is 2.33. The minimum atomic E-state index is -0.954. The smallest absolute Gasteiger partial charge is 0.150 e. The zero-order valence-electron chi connectivity index (χ0n) is 23.7. The number of imidazole rings is 1. The number of anilines is 1. The molecule has 2 unspecified atom stereocenters. The van der Waals surface area contributed by atoms with Crippen LogP contribution >= 0.6 is 23.2 Å². The number of tetrazole rings is 1. The molecule has 14 nitrogen and oxygen atoms in total. The van der Waals surface area contributed by atoms with Crippen LogP contribution in [0, 0.1) is 0 Å². The van der Waals surface area contributed by atoms with E-state index in [4.69, 9.17) is 47.4 Å². The van der Waals surface area contributed by atoms with Gasteiger partial charge in [0.25, 0.3) is 0 Å². The summed E-state index contributed by atoms with van der Waals surface area (Å²) >= 11 is 12.9. The third-order valence-corrected chi connectivity index (χ3v) is 7.65. The van der Waals surface area contributed by atoms with Gasteiger partial charge in [0.2, 0.25) is 0 Å². The monoisotopic (exact) mass is 640 g/mol. The molecular weight excluding hydrogens is 611 g/mol. The van der Waals surface area contributed by atoms with E-state index in [1.165, 1.54) is 11.0 Å². The number of nitrogens with one attached hydrogen (secondary N) is 2. The van der Waals surface area contributed by atoms with Crippen LogP contribution in [-0.4, -0.2) is 97.5 Å². The average Bonchev–Trinajstić information content (AvgIpc) is 3.79. The van der Waals surface area contributed by atoms with Crippen molar-refractivity contribution in [2.75, 3.05) is 45.6 Å². The lowest BCUT2D eigenvalue weighted by atomic mass is 10.1. The second-order valence-electron chi connectivity index (χ2n) is 9.92. The van der Waals surface area contributed by atoms with E-state index in [1.807, 2.05) is 23.1 Å². The molecule has 0 saturated carbocycles. The van der Waals surface area contributed by atoms with Crippen molar-refractivity contribution < 1.29 is 19.3 Å². The van der Waals surface area contributed by atoms with Gasteiger partial charge in [-0.1, -0.05) is 23.2 Å². The minimum absolute atomic E-state index is 0.254. The Balaban J connectivity index is 1.12. The molecule has 0 aliphatic carbocycles. The molecule has 5 heterocycles. The number of hydrogen-bond donors (Lipinski definition) is 3. The highest BCUT2D eigenvalue weighted by atomic mass is 35.5. The van der Waals surface area contributed by atoms with Crippen LogP contribution in [0.25, 0.3) is 22.6 Å². The van der Waals surface area contributed by atoms with Crippen LogP contribution in [0.15, 0.2) is 53.9 Å². The Morgan fingerprint density at radius 3 is 2.77 bits per heavy atom. The Bertz CT molecular complexity index is 1630. The van der Waals surface area contributed by atoms with E-state index >= 15 is 0 Å². The maximum Gasteiger partial charge on any atom is 0.150 e. The number of aliphatic hydroxyl groups excluding tert-OH is 1. The number of aromatic amines is 1. The van der Waals surface area contributed by atoms with Crippen LogP contribution in [0.3, 0.4) is 0 Å². The van der Waals surface area contributed by atoms with Gasteiger partial charge in [-0.2, -0.15) is 4.68 Å². The first-order chi connectivity index (χ1) is 21.5. The van der Waals surface area contributed by atoms with Crippen LogP contribution in [0.2, 0.25) is 10.2 Å². The van der Waals surface area contributed by atoms with E-state index in [2.05, 4.69) is 30.8 Å². The van der Waals surface area contributed by atoms with Gasteiger partial charge in [0, 0.05) is 35.9 Å². The lowest BCUT2D eigenvalue weighted by molar-refractivity contribution is 0.0291. The predicted molar refractivity (Wildman–Crippen MR) is 163 cm³/mol. The number of pyridine rings is 1. The van der Waals surface area contributed by atoms with E-state index < -0.39 is 6.23 Å². The Hall–Kier alpha value is -3.92. The Morgan fingerprint density at radius 2 is 1.98 bits per heavy atom. The third kappa shape index (κ3) is 6.60. The zero-order chi connectivity index (χ0) is 30.5. The molecular formula is C28H30Cl2N10O4. The highest BCUT2D eigenvalue weighted by molar-refractivity contribution is 6.32. The molecule has 0 spiro atoms. The van der Waals surface area contributed by atoms with Gasteiger partial charge in [-0.05, 0) is 53.3 Å². The fraction of sp³-hybridized carbons (Fsp3) is 0.357. The summed E-state index contributed by atoms with van der Waals surface area (Å²) in [5.41, 5.74) is 3.30. The first-order valence-electron chi connectivity index (χ1n) is 13.9. The van der Waals surface area contributed by atoms with Gasteiger partial charge in [0.05, 0.1) is 43.9 Å². The molecule has 1 fully saturated rings. The molecule has 3 N–H and O–H groups in total. The summed E-state index contributed by atoms with van der Waals surface area (Å²) in [5.74, 6) is 2.02. The summed E-state index contributed by atoms with van der Waals surface area (Å²) in [7, 11) is 1.63. The number of rotatable bonds is 13. The Morgan fingerprint density at radius 1 is 1.11 bits per heavy atom. The molecule has 2 aliphatic heterocycles. The fourth-order valence-corrected chi connectivity index (χ4v) is 5.50. The highest BCUT2D eigenvalue weighted by Crippen LogP contribution is 2.40. The molecule has 0 amide bonds. The number of halogens is 2. The van der Waals surface area contributed by atoms with Gasteiger partial charge in [-0.3, -0.25) is 0 Å². The first-order valence-corrected chi connectivity index (χ1v) is 14.7. The maximum atomic E-state index is 11.3. The van der Waals surface area contributed by atoms with Crippen LogP contribution < -0.4 is 5.32 Å². The molecule has 6 rings (SSSR count). The van der Waals surface area contributed by atoms with E-state index in [1.54, 1.807) is 31.5 Å². The van der Waals surface area contributed by atoms with Crippen molar-refractivity contribution in [3.8, 4) is 16.9 Å².